The number of hydrogen-bond donors (Lipinski definition) is 1. The summed E-state index contributed by atoms with van der Waals surface area (Å²) < 4.78 is 15.6. The highest BCUT2D eigenvalue weighted by Crippen LogP contribution is 2.40. The molecule has 2 unspecified atom stereocenters. The molecule has 1 fully saturated rings. The molecule has 4 aromatic rings. The van der Waals surface area contributed by atoms with Crippen LogP contribution in [0.4, 0.5) is 11.6 Å². The number of aromatic nitrogens is 3. The lowest BCUT2D eigenvalue weighted by atomic mass is 9.74. The van der Waals surface area contributed by atoms with Crippen LogP contribution in [0.2, 0.25) is 0 Å². The summed E-state index contributed by atoms with van der Waals surface area (Å²) in [5, 5.41) is 0. The Morgan fingerprint density at radius 1 is 0.933 bits per heavy atom. The Kier molecular flexibility index (Phi) is 9.33. The predicted molar refractivity (Wildman–Crippen MR) is 184 cm³/mol. The number of ether oxygens (including phenoxy) is 2. The number of morpholine rings is 1. The molecule has 2 aliphatic rings. The second-order valence-electron chi connectivity index (χ2n) is 13.7. The summed E-state index contributed by atoms with van der Waals surface area (Å²) in [4.78, 5) is 18.3. The van der Waals surface area contributed by atoms with Gasteiger partial charge >= 0.3 is 0 Å². The molecule has 2 aromatic heterocycles. The highest BCUT2D eigenvalue weighted by Gasteiger charge is 2.31. The molecule has 0 aliphatic carbocycles. The topological polar surface area (TPSA) is 72.4 Å². The largest absolute Gasteiger partial charge is 0.477 e. The summed E-state index contributed by atoms with van der Waals surface area (Å²) in [6.45, 7) is 17.3. The number of fused-ring (bicyclic) bond motifs is 4. The fourth-order valence-corrected chi connectivity index (χ4v) is 7.30. The van der Waals surface area contributed by atoms with Gasteiger partial charge in [0, 0.05) is 41.2 Å². The van der Waals surface area contributed by atoms with Gasteiger partial charge < -0.3 is 14.4 Å². The summed E-state index contributed by atoms with van der Waals surface area (Å²) in [7, 11) is 0. The monoisotopic (exact) mass is 623 g/mol. The van der Waals surface area contributed by atoms with Gasteiger partial charge in [0.2, 0.25) is 11.8 Å². The van der Waals surface area contributed by atoms with Gasteiger partial charge in [-0.05, 0) is 97.3 Å². The normalized spacial score (nSPS) is 18.8. The van der Waals surface area contributed by atoms with Crippen molar-refractivity contribution in [1.82, 2.24) is 15.0 Å². The molecular formula is C37H45N5O2S. The molecule has 6 rings (SSSR count). The van der Waals surface area contributed by atoms with Gasteiger partial charge in [-0.3, -0.25) is 9.71 Å². The molecule has 1 saturated heterocycles. The van der Waals surface area contributed by atoms with Gasteiger partial charge in [-0.25, -0.2) is 4.98 Å². The Morgan fingerprint density at radius 3 is 2.42 bits per heavy atom. The van der Waals surface area contributed by atoms with E-state index in [9.17, 15) is 0 Å². The third kappa shape index (κ3) is 7.61. The first-order valence-corrected chi connectivity index (χ1v) is 16.8. The Morgan fingerprint density at radius 2 is 1.69 bits per heavy atom. The van der Waals surface area contributed by atoms with E-state index in [0.29, 0.717) is 18.4 Å². The molecular weight excluding hydrogens is 579 g/mol. The summed E-state index contributed by atoms with van der Waals surface area (Å²) in [5.41, 5.74) is 9.32. The zero-order chi connectivity index (χ0) is 31.6. The minimum atomic E-state index is 0.111. The molecule has 1 N–H and O–H groups in total. The van der Waals surface area contributed by atoms with Gasteiger partial charge in [-0.2, -0.15) is 4.98 Å². The number of hydrogen-bond acceptors (Lipinski definition) is 8. The van der Waals surface area contributed by atoms with Gasteiger partial charge in [0.1, 0.15) is 0 Å². The minimum Gasteiger partial charge on any atom is -0.477 e. The molecule has 7 nitrogen and oxygen atoms in total. The molecule has 2 aliphatic heterocycles. The van der Waals surface area contributed by atoms with Crippen molar-refractivity contribution in [2.45, 2.75) is 65.2 Å². The smallest absolute Gasteiger partial charge is 0.237 e. The lowest BCUT2D eigenvalue weighted by Crippen LogP contribution is -2.36. The maximum atomic E-state index is 6.65. The molecule has 2 atom stereocenters. The van der Waals surface area contributed by atoms with Crippen molar-refractivity contribution in [2.75, 3.05) is 42.5 Å². The first kappa shape index (κ1) is 31.4. The lowest BCUT2D eigenvalue weighted by molar-refractivity contribution is 0.122. The van der Waals surface area contributed by atoms with E-state index in [1.807, 2.05) is 12.3 Å². The second kappa shape index (κ2) is 13.4. The second-order valence-corrected chi connectivity index (χ2v) is 14.5. The van der Waals surface area contributed by atoms with Crippen molar-refractivity contribution in [1.29, 1.82) is 0 Å². The van der Waals surface area contributed by atoms with E-state index in [-0.39, 0.29) is 17.3 Å². The summed E-state index contributed by atoms with van der Waals surface area (Å²) in [6, 6.07) is 19.5. The number of aryl methyl sites for hydroxylation is 3. The molecule has 4 heterocycles. The van der Waals surface area contributed by atoms with E-state index in [4.69, 9.17) is 24.4 Å². The Hall–Kier alpha value is -3.62. The quantitative estimate of drug-likeness (QED) is 0.223. The maximum absolute atomic E-state index is 6.65. The average Bonchev–Trinajstić information content (AvgIpc) is 3.01. The Bertz CT molecular complexity index is 1630. The molecule has 2 aromatic carbocycles. The van der Waals surface area contributed by atoms with Crippen LogP contribution in [0.5, 0.6) is 5.88 Å². The highest BCUT2D eigenvalue weighted by molar-refractivity contribution is 8.00. The van der Waals surface area contributed by atoms with E-state index in [2.05, 4.69) is 99.7 Å². The van der Waals surface area contributed by atoms with E-state index in [1.165, 1.54) is 27.9 Å². The zero-order valence-corrected chi connectivity index (χ0v) is 28.2. The van der Waals surface area contributed by atoms with Crippen molar-refractivity contribution in [2.24, 2.45) is 11.3 Å². The van der Waals surface area contributed by atoms with Crippen LogP contribution in [0.1, 0.15) is 61.1 Å². The molecule has 236 valence electrons. The van der Waals surface area contributed by atoms with Gasteiger partial charge in [-0.1, -0.05) is 51.1 Å². The maximum Gasteiger partial charge on any atom is 0.237 e. The standard InChI is InChI=1S/C37H45N5O2S/c1-24-9-7-10-25(2)35(24)33-20-34-40-36(39-33)41-45-30-12-8-11-27(18-30)31(28(23-44-34)21-37(4,5)6)19-32-26(3)17-29(22-38-32)42-13-15-43-16-14-42/h7-12,17-18,20,22,28,31H,13-16,19,21,23H2,1-6H3,(H,39,40,41). The Balaban J connectivity index is 1.37. The van der Waals surface area contributed by atoms with Crippen molar-refractivity contribution in [3.63, 3.8) is 0 Å². The van der Waals surface area contributed by atoms with Gasteiger partial charge in [0.25, 0.3) is 0 Å². The van der Waals surface area contributed by atoms with Crippen LogP contribution < -0.4 is 14.4 Å². The van der Waals surface area contributed by atoms with Gasteiger partial charge in [0.05, 0.1) is 37.4 Å². The molecule has 0 spiro atoms. The third-order valence-corrected chi connectivity index (χ3v) is 9.61. The minimum absolute atomic E-state index is 0.111. The highest BCUT2D eigenvalue weighted by atomic mass is 32.2. The van der Waals surface area contributed by atoms with Crippen LogP contribution in [-0.4, -0.2) is 47.9 Å². The van der Waals surface area contributed by atoms with Crippen molar-refractivity contribution >= 4 is 23.6 Å². The van der Waals surface area contributed by atoms with Gasteiger partial charge in [-0.15, -0.1) is 0 Å². The summed E-state index contributed by atoms with van der Waals surface area (Å²) in [6.07, 6.45) is 3.88. The van der Waals surface area contributed by atoms with Gasteiger partial charge in [0.15, 0.2) is 0 Å². The number of anilines is 2. The number of rotatable bonds is 5. The van der Waals surface area contributed by atoms with Crippen LogP contribution in [0.25, 0.3) is 11.3 Å². The molecule has 45 heavy (non-hydrogen) atoms. The SMILES string of the molecule is Cc1cc(N2CCOCC2)cnc1CC1c2cccc(c2)SNc2nc(cc(-c3c(C)cccc3C)n2)OCC1CC(C)(C)C. The summed E-state index contributed by atoms with van der Waals surface area (Å²) >= 11 is 1.54. The fourth-order valence-electron chi connectivity index (χ4n) is 6.66. The predicted octanol–water partition coefficient (Wildman–Crippen LogP) is 8.19. The first-order chi connectivity index (χ1) is 21.6. The Labute approximate surface area is 272 Å². The van der Waals surface area contributed by atoms with E-state index in [1.54, 1.807) is 11.9 Å². The van der Waals surface area contributed by atoms with Crippen LogP contribution in [-0.2, 0) is 11.2 Å². The average molecular weight is 624 g/mol. The number of benzene rings is 2. The first-order valence-electron chi connectivity index (χ1n) is 16.0. The third-order valence-electron chi connectivity index (χ3n) is 8.84. The van der Waals surface area contributed by atoms with E-state index >= 15 is 0 Å². The van der Waals surface area contributed by atoms with Crippen LogP contribution in [0.3, 0.4) is 0 Å². The molecule has 0 amide bonds. The van der Waals surface area contributed by atoms with Crippen molar-refractivity contribution in [3.05, 3.63) is 88.7 Å². The van der Waals surface area contributed by atoms with Crippen molar-refractivity contribution < 1.29 is 9.47 Å². The number of pyridine rings is 1. The van der Waals surface area contributed by atoms with Crippen molar-refractivity contribution in [3.8, 4) is 17.1 Å². The van der Waals surface area contributed by atoms with E-state index in [0.717, 1.165) is 61.0 Å². The molecule has 4 bridgehead atoms. The molecule has 0 radical (unpaired) electrons. The van der Waals surface area contributed by atoms with Crippen LogP contribution in [0.15, 0.2) is 65.7 Å². The summed E-state index contributed by atoms with van der Waals surface area (Å²) in [5.74, 6) is 1.59. The van der Waals surface area contributed by atoms with E-state index < -0.39 is 0 Å². The van der Waals surface area contributed by atoms with Crippen LogP contribution in [0, 0.1) is 32.1 Å². The number of nitrogens with zero attached hydrogens (tertiary/aromatic N) is 4. The zero-order valence-electron chi connectivity index (χ0n) is 27.4. The molecule has 8 heteroatoms. The lowest BCUT2D eigenvalue weighted by Gasteiger charge is -2.33. The fraction of sp³-hybridized carbons (Fsp3) is 0.432. The molecule has 0 saturated carbocycles. The number of nitrogens with one attached hydrogen (secondary N) is 1. The van der Waals surface area contributed by atoms with Crippen LogP contribution >= 0.6 is 11.9 Å².